The molecule has 0 fully saturated rings. The van der Waals surface area contributed by atoms with Gasteiger partial charge in [0.15, 0.2) is 5.82 Å². The van der Waals surface area contributed by atoms with Gasteiger partial charge in [0, 0.05) is 60.8 Å². The van der Waals surface area contributed by atoms with Gasteiger partial charge in [-0.2, -0.15) is 0 Å². The van der Waals surface area contributed by atoms with Crippen LogP contribution in [0.15, 0.2) is 73.2 Å². The van der Waals surface area contributed by atoms with Crippen molar-refractivity contribution in [3.63, 3.8) is 0 Å². The van der Waals surface area contributed by atoms with Crippen LogP contribution in [-0.4, -0.2) is 61.3 Å². The molecular formula is C37H35Cl2FN6O3. The number of nitrogens with one attached hydrogen (secondary N) is 2. The Morgan fingerprint density at radius 3 is 2.55 bits per heavy atom. The van der Waals surface area contributed by atoms with Crippen molar-refractivity contribution in [1.29, 1.82) is 0 Å². The Hall–Kier alpha value is -4.45. The zero-order chi connectivity index (χ0) is 34.7. The van der Waals surface area contributed by atoms with Crippen molar-refractivity contribution in [3.8, 4) is 11.1 Å². The number of benzene rings is 2. The third kappa shape index (κ3) is 7.59. The first kappa shape index (κ1) is 34.4. The van der Waals surface area contributed by atoms with E-state index in [1.807, 2.05) is 36.4 Å². The topological polar surface area (TPSA) is 124 Å². The van der Waals surface area contributed by atoms with E-state index in [1.54, 1.807) is 36.8 Å². The molecule has 49 heavy (non-hydrogen) atoms. The molecule has 1 aliphatic rings. The maximum Gasteiger partial charge on any atom is 0.323 e. The van der Waals surface area contributed by atoms with Gasteiger partial charge in [-0.1, -0.05) is 53.5 Å². The predicted molar refractivity (Wildman–Crippen MR) is 193 cm³/mol. The molecule has 0 saturated carbocycles. The summed E-state index contributed by atoms with van der Waals surface area (Å²) in [6, 6.07) is 15.7. The number of hydrogen-bond acceptors (Lipinski definition) is 8. The van der Waals surface area contributed by atoms with Gasteiger partial charge in [-0.3, -0.25) is 25.0 Å². The average Bonchev–Trinajstić information content (AvgIpc) is 3.10. The summed E-state index contributed by atoms with van der Waals surface area (Å²) in [6.45, 7) is 5.76. The summed E-state index contributed by atoms with van der Waals surface area (Å²) in [5.41, 5.74) is 6.18. The van der Waals surface area contributed by atoms with E-state index in [1.165, 1.54) is 6.08 Å². The van der Waals surface area contributed by atoms with E-state index in [0.717, 1.165) is 41.6 Å². The molecule has 3 aromatic heterocycles. The summed E-state index contributed by atoms with van der Waals surface area (Å²) in [6.07, 6.45) is 7.27. The van der Waals surface area contributed by atoms with Crippen molar-refractivity contribution in [2.45, 2.75) is 45.4 Å². The van der Waals surface area contributed by atoms with Gasteiger partial charge in [0.25, 0.3) is 0 Å². The van der Waals surface area contributed by atoms with Gasteiger partial charge in [-0.15, -0.1) is 0 Å². The second-order valence-corrected chi connectivity index (χ2v) is 12.9. The minimum atomic E-state index is -1.14. The number of carboxylic acid groups (broad SMARTS) is 1. The molecule has 252 valence electrons. The molecular weight excluding hydrogens is 666 g/mol. The molecule has 0 bridgehead atoms. The van der Waals surface area contributed by atoms with Crippen LogP contribution >= 0.6 is 23.2 Å². The van der Waals surface area contributed by atoms with E-state index in [2.05, 4.69) is 44.3 Å². The number of aliphatic hydroxyl groups excluding tert-OH is 1. The number of carbonyl (C=O) groups is 1. The lowest BCUT2D eigenvalue weighted by Gasteiger charge is -2.31. The number of carboxylic acids is 1. The number of anilines is 2. The molecule has 4 heterocycles. The lowest BCUT2D eigenvalue weighted by atomic mass is 9.99. The van der Waals surface area contributed by atoms with E-state index >= 15 is 4.39 Å². The van der Waals surface area contributed by atoms with Crippen molar-refractivity contribution in [3.05, 3.63) is 111 Å². The lowest BCUT2D eigenvalue weighted by Crippen LogP contribution is -2.39. The molecule has 0 spiro atoms. The summed E-state index contributed by atoms with van der Waals surface area (Å²) in [5, 5.41) is 26.0. The van der Waals surface area contributed by atoms with Crippen LogP contribution in [0, 0.1) is 0 Å². The first-order valence-corrected chi connectivity index (χ1v) is 16.6. The van der Waals surface area contributed by atoms with Gasteiger partial charge < -0.3 is 15.5 Å². The predicted octanol–water partition coefficient (Wildman–Crippen LogP) is 7.51. The van der Waals surface area contributed by atoms with E-state index in [4.69, 9.17) is 23.2 Å². The molecule has 0 radical (unpaired) electrons. The Kier molecular flexibility index (Phi) is 10.5. The summed E-state index contributed by atoms with van der Waals surface area (Å²) in [4.78, 5) is 27.1. The van der Waals surface area contributed by atoms with Crippen LogP contribution in [-0.2, 0) is 24.3 Å². The highest BCUT2D eigenvalue weighted by Gasteiger charge is 2.21. The number of pyridine rings is 3. The Morgan fingerprint density at radius 2 is 1.80 bits per heavy atom. The molecule has 0 saturated heterocycles. The molecule has 2 aromatic carbocycles. The van der Waals surface area contributed by atoms with E-state index in [0.29, 0.717) is 49.8 Å². The first-order chi connectivity index (χ1) is 23.6. The number of aliphatic hydroxyl groups is 1. The summed E-state index contributed by atoms with van der Waals surface area (Å²) in [5.74, 6) is -1.14. The van der Waals surface area contributed by atoms with E-state index < -0.39 is 24.4 Å². The highest BCUT2D eigenvalue weighted by Crippen LogP contribution is 2.40. The number of halogens is 3. The Morgan fingerprint density at radius 1 is 1.02 bits per heavy atom. The third-order valence-corrected chi connectivity index (χ3v) is 9.47. The van der Waals surface area contributed by atoms with Gasteiger partial charge in [-0.25, -0.2) is 9.37 Å². The maximum absolute atomic E-state index is 15.6. The molecule has 9 nitrogen and oxygen atoms in total. The van der Waals surface area contributed by atoms with E-state index in [9.17, 15) is 15.0 Å². The minimum absolute atomic E-state index is 0.208. The number of fused-ring (bicyclic) bond motifs is 2. The summed E-state index contributed by atoms with van der Waals surface area (Å²) in [7, 11) is 0. The molecule has 1 atom stereocenters. The van der Waals surface area contributed by atoms with Gasteiger partial charge >= 0.3 is 5.97 Å². The molecule has 0 aliphatic carbocycles. The first-order valence-electron chi connectivity index (χ1n) is 15.9. The number of rotatable bonds is 11. The summed E-state index contributed by atoms with van der Waals surface area (Å²) >= 11 is 13.8. The molecule has 0 amide bonds. The van der Waals surface area contributed by atoms with Crippen molar-refractivity contribution in [1.82, 2.24) is 25.2 Å². The van der Waals surface area contributed by atoms with Crippen LogP contribution < -0.4 is 10.6 Å². The number of nitrogens with zero attached hydrogens (tertiary/aromatic N) is 4. The normalized spacial score (nSPS) is 14.2. The van der Waals surface area contributed by atoms with Crippen LogP contribution in [0.1, 0.15) is 41.8 Å². The van der Waals surface area contributed by atoms with Crippen molar-refractivity contribution < 1.29 is 19.4 Å². The minimum Gasteiger partial charge on any atom is -0.480 e. The number of hydrogen-bond donors (Lipinski definition) is 4. The number of aliphatic carboxylic acids is 1. The fourth-order valence-corrected chi connectivity index (χ4v) is 6.40. The number of aromatic nitrogens is 3. The summed E-state index contributed by atoms with van der Waals surface area (Å²) < 4.78 is 15.6. The Labute approximate surface area is 293 Å². The quantitative estimate of drug-likeness (QED) is 0.111. The Balaban J connectivity index is 1.24. The average molecular weight is 702 g/mol. The fraction of sp³-hybridized carbons (Fsp3) is 0.243. The van der Waals surface area contributed by atoms with Crippen LogP contribution in [0.3, 0.4) is 0 Å². The smallest absolute Gasteiger partial charge is 0.323 e. The monoisotopic (exact) mass is 700 g/mol. The van der Waals surface area contributed by atoms with Gasteiger partial charge in [0.1, 0.15) is 17.4 Å². The highest BCUT2D eigenvalue weighted by molar-refractivity contribution is 6.39. The van der Waals surface area contributed by atoms with Gasteiger partial charge in [0.2, 0.25) is 0 Å². The van der Waals surface area contributed by atoms with Gasteiger partial charge in [0.05, 0.1) is 28.0 Å². The second-order valence-electron chi connectivity index (χ2n) is 12.2. The van der Waals surface area contributed by atoms with Crippen LogP contribution in [0.2, 0.25) is 10.0 Å². The van der Waals surface area contributed by atoms with Crippen molar-refractivity contribution in [2.24, 2.45) is 0 Å². The van der Waals surface area contributed by atoms with Crippen molar-refractivity contribution in [2.75, 3.05) is 18.5 Å². The largest absolute Gasteiger partial charge is 0.480 e. The second kappa shape index (κ2) is 15.0. The van der Waals surface area contributed by atoms with Crippen molar-refractivity contribution >= 4 is 63.5 Å². The highest BCUT2D eigenvalue weighted by atomic mass is 35.5. The maximum atomic E-state index is 15.6. The molecule has 1 unspecified atom stereocenters. The van der Waals surface area contributed by atoms with Crippen LogP contribution in [0.4, 0.5) is 15.9 Å². The van der Waals surface area contributed by atoms with Gasteiger partial charge in [-0.05, 0) is 72.9 Å². The molecule has 5 aromatic rings. The third-order valence-electron chi connectivity index (χ3n) is 8.64. The van der Waals surface area contributed by atoms with E-state index in [-0.39, 0.29) is 12.2 Å². The molecule has 1 aliphatic heterocycles. The van der Waals surface area contributed by atoms with Crippen LogP contribution in [0.5, 0.6) is 0 Å². The SMILES string of the molecule is CC(C)N1CCc2cc(/C(F)=C/c3cccc(-c4cccc(Nc5nccc6cc(CNC(CO)C(=O)O)cnc56)c4Cl)c3Cl)ncc2C1. The molecule has 12 heteroatoms. The zero-order valence-corrected chi connectivity index (χ0v) is 28.4. The van der Waals surface area contributed by atoms with Crippen LogP contribution in [0.25, 0.3) is 33.9 Å². The standard InChI is InChI=1S/C37H35Cl2FN6O3/c1-21(2)46-12-10-23-15-31(43-18-26(23)19-46)29(40)14-24-5-3-6-27(33(24)38)28-7-4-8-30(34(28)39)45-36-35-25(9-11-41-36)13-22(17-44-35)16-42-32(20-47)37(48)49/h3-9,11,13-15,17-18,21,32,42,47H,10,12,16,19-20H2,1-2H3,(H,41,45)(H,48,49)/b29-14-. The fourth-order valence-electron chi connectivity index (χ4n) is 5.84. The lowest BCUT2D eigenvalue weighted by molar-refractivity contribution is -0.140. The zero-order valence-electron chi connectivity index (χ0n) is 26.9. The Bertz CT molecular complexity index is 2060. The molecule has 6 rings (SSSR count). The molecule has 4 N–H and O–H groups in total.